The van der Waals surface area contributed by atoms with Gasteiger partial charge >= 0.3 is 0 Å². The molecule has 0 atom stereocenters. The average molecular weight is 169 g/mol. The first-order valence-electron chi connectivity index (χ1n) is 5.25. The summed E-state index contributed by atoms with van der Waals surface area (Å²) < 4.78 is 0. The van der Waals surface area contributed by atoms with E-state index in [1.54, 1.807) is 0 Å². The molecule has 12 heavy (non-hydrogen) atoms. The minimum atomic E-state index is 0.0117. The van der Waals surface area contributed by atoms with Crippen LogP contribution in [0.25, 0.3) is 0 Å². The fraction of sp³-hybridized carbons (Fsp3) is 1.00. The van der Waals surface area contributed by atoms with Crippen LogP contribution in [-0.2, 0) is 0 Å². The maximum Gasteiger partial charge on any atom is 0.0540 e. The zero-order valence-corrected chi connectivity index (χ0v) is 7.71. The van der Waals surface area contributed by atoms with Crippen LogP contribution in [0, 0.1) is 5.92 Å². The van der Waals surface area contributed by atoms with Gasteiger partial charge in [0.2, 0.25) is 0 Å². The molecule has 0 radical (unpaired) electrons. The number of aliphatic hydroxyl groups is 1. The second-order valence-electron chi connectivity index (χ2n) is 4.33. The molecule has 0 spiro atoms. The molecule has 1 N–H and O–H groups in total. The molecule has 70 valence electrons. The lowest BCUT2D eigenvalue weighted by atomic mass is 9.86. The van der Waals surface area contributed by atoms with Gasteiger partial charge < -0.3 is 10.0 Å². The molecule has 2 rings (SSSR count). The van der Waals surface area contributed by atoms with Gasteiger partial charge in [0.05, 0.1) is 6.10 Å². The van der Waals surface area contributed by atoms with Gasteiger partial charge in [-0.25, -0.2) is 0 Å². The van der Waals surface area contributed by atoms with Crippen LogP contribution in [0.2, 0.25) is 0 Å². The van der Waals surface area contributed by atoms with Crippen molar-refractivity contribution in [2.45, 2.75) is 38.2 Å². The molecule has 0 unspecified atom stereocenters. The van der Waals surface area contributed by atoms with Crippen molar-refractivity contribution < 1.29 is 5.11 Å². The summed E-state index contributed by atoms with van der Waals surface area (Å²) in [5.41, 5.74) is 0. The Morgan fingerprint density at radius 3 is 2.25 bits per heavy atom. The lowest BCUT2D eigenvalue weighted by Gasteiger charge is -2.36. The summed E-state index contributed by atoms with van der Waals surface area (Å²) in [6.45, 7) is 3.94. The molecule has 1 heterocycles. The second kappa shape index (κ2) is 3.75. The number of likely N-dealkylation sites (tertiary alicyclic amines) is 1. The average Bonchev–Trinajstić information content (AvgIpc) is 2.00. The first-order valence-corrected chi connectivity index (χ1v) is 5.25. The van der Waals surface area contributed by atoms with Gasteiger partial charge in [0.1, 0.15) is 0 Å². The molecule has 2 nitrogen and oxygen atoms in total. The third kappa shape index (κ3) is 1.99. The number of rotatable bonds is 2. The van der Waals surface area contributed by atoms with E-state index in [0.29, 0.717) is 0 Å². The van der Waals surface area contributed by atoms with Crippen molar-refractivity contribution in [3.63, 3.8) is 0 Å². The van der Waals surface area contributed by atoms with E-state index in [1.165, 1.54) is 38.9 Å². The third-order valence-electron chi connectivity index (χ3n) is 3.28. The summed E-state index contributed by atoms with van der Waals surface area (Å²) in [6, 6.07) is 0. The summed E-state index contributed by atoms with van der Waals surface area (Å²) in [4.78, 5) is 2.54. The molecule has 2 heteroatoms. The molecule has 0 amide bonds. The Labute approximate surface area is 74.6 Å². The summed E-state index contributed by atoms with van der Waals surface area (Å²) in [7, 11) is 0. The molecule has 1 aliphatic carbocycles. The van der Waals surface area contributed by atoms with Gasteiger partial charge in [-0.3, -0.25) is 0 Å². The molecule has 0 aromatic rings. The second-order valence-corrected chi connectivity index (χ2v) is 4.33. The fourth-order valence-corrected chi connectivity index (χ4v) is 2.26. The van der Waals surface area contributed by atoms with Crippen LogP contribution in [-0.4, -0.2) is 35.7 Å². The van der Waals surface area contributed by atoms with Crippen LogP contribution < -0.4 is 0 Å². The Morgan fingerprint density at radius 1 is 1.08 bits per heavy atom. The monoisotopic (exact) mass is 169 g/mol. The molecule has 0 bridgehead atoms. The fourth-order valence-electron chi connectivity index (χ4n) is 2.26. The Hall–Kier alpha value is -0.0800. The number of nitrogens with zero attached hydrogens (tertiary/aromatic N) is 1. The Morgan fingerprint density at radius 2 is 1.75 bits per heavy atom. The molecular weight excluding hydrogens is 150 g/mol. The molecule has 0 aromatic carbocycles. The van der Waals surface area contributed by atoms with E-state index < -0.39 is 0 Å². The number of aliphatic hydroxyl groups excluding tert-OH is 1. The normalized spacial score (nSPS) is 37.8. The Balaban J connectivity index is 1.67. The zero-order valence-electron chi connectivity index (χ0n) is 7.71. The first kappa shape index (κ1) is 8.52. The lowest BCUT2D eigenvalue weighted by Crippen LogP contribution is -2.41. The van der Waals surface area contributed by atoms with E-state index in [0.717, 1.165) is 18.8 Å². The highest BCUT2D eigenvalue weighted by Gasteiger charge is 2.23. The van der Waals surface area contributed by atoms with Gasteiger partial charge in [0, 0.05) is 6.54 Å². The van der Waals surface area contributed by atoms with Crippen molar-refractivity contribution in [3.8, 4) is 0 Å². The zero-order chi connectivity index (χ0) is 8.39. The highest BCUT2D eigenvalue weighted by molar-refractivity contribution is 4.77. The topological polar surface area (TPSA) is 23.5 Å². The molecule has 1 saturated heterocycles. The summed E-state index contributed by atoms with van der Waals surface area (Å²) >= 11 is 0. The van der Waals surface area contributed by atoms with Crippen molar-refractivity contribution in [1.29, 1.82) is 0 Å². The van der Waals surface area contributed by atoms with E-state index in [9.17, 15) is 5.11 Å². The van der Waals surface area contributed by atoms with Crippen LogP contribution >= 0.6 is 0 Å². The SMILES string of the molecule is OC1CCC(CN2CCC2)CC1. The van der Waals surface area contributed by atoms with Crippen molar-refractivity contribution >= 4 is 0 Å². The molecule has 2 fully saturated rings. The minimum Gasteiger partial charge on any atom is -0.393 e. The highest BCUT2D eigenvalue weighted by Crippen LogP contribution is 2.26. The van der Waals surface area contributed by atoms with Gasteiger partial charge in [0.15, 0.2) is 0 Å². The van der Waals surface area contributed by atoms with Crippen LogP contribution in [0.4, 0.5) is 0 Å². The van der Waals surface area contributed by atoms with Crippen molar-refractivity contribution in [3.05, 3.63) is 0 Å². The quantitative estimate of drug-likeness (QED) is 0.672. The molecule has 1 aliphatic heterocycles. The highest BCUT2D eigenvalue weighted by atomic mass is 16.3. The van der Waals surface area contributed by atoms with E-state index in [1.807, 2.05) is 0 Å². The van der Waals surface area contributed by atoms with E-state index in [4.69, 9.17) is 0 Å². The molecule has 0 aromatic heterocycles. The predicted molar refractivity (Wildman–Crippen MR) is 49.0 cm³/mol. The maximum atomic E-state index is 9.32. The van der Waals surface area contributed by atoms with Crippen LogP contribution in [0.15, 0.2) is 0 Å². The third-order valence-corrected chi connectivity index (χ3v) is 3.28. The first-order chi connectivity index (χ1) is 5.84. The Bertz CT molecular complexity index is 137. The van der Waals surface area contributed by atoms with Gasteiger partial charge in [-0.1, -0.05) is 0 Å². The molecule has 1 saturated carbocycles. The van der Waals surface area contributed by atoms with Gasteiger partial charge in [-0.2, -0.15) is 0 Å². The van der Waals surface area contributed by atoms with Crippen LogP contribution in [0.5, 0.6) is 0 Å². The maximum absolute atomic E-state index is 9.32. The largest absolute Gasteiger partial charge is 0.393 e. The summed E-state index contributed by atoms with van der Waals surface area (Å²) in [5.74, 6) is 0.883. The standard InChI is InChI=1S/C10H19NO/c12-10-4-2-9(3-5-10)8-11-6-1-7-11/h9-10,12H,1-8H2. The van der Waals surface area contributed by atoms with Crippen molar-refractivity contribution in [2.24, 2.45) is 5.92 Å². The summed E-state index contributed by atoms with van der Waals surface area (Å²) in [6.07, 6.45) is 5.99. The number of hydrogen-bond donors (Lipinski definition) is 1. The van der Waals surface area contributed by atoms with Gasteiger partial charge in [-0.05, 0) is 51.1 Å². The van der Waals surface area contributed by atoms with Crippen LogP contribution in [0.1, 0.15) is 32.1 Å². The van der Waals surface area contributed by atoms with Gasteiger partial charge in [0.25, 0.3) is 0 Å². The van der Waals surface area contributed by atoms with Crippen molar-refractivity contribution in [2.75, 3.05) is 19.6 Å². The van der Waals surface area contributed by atoms with E-state index >= 15 is 0 Å². The smallest absolute Gasteiger partial charge is 0.0540 e. The summed E-state index contributed by atoms with van der Waals surface area (Å²) in [5, 5.41) is 9.32. The van der Waals surface area contributed by atoms with Crippen LogP contribution in [0.3, 0.4) is 0 Å². The van der Waals surface area contributed by atoms with Crippen molar-refractivity contribution in [1.82, 2.24) is 4.90 Å². The van der Waals surface area contributed by atoms with Gasteiger partial charge in [-0.15, -0.1) is 0 Å². The lowest BCUT2D eigenvalue weighted by molar-refractivity contribution is 0.0794. The molecule has 2 aliphatic rings. The Kier molecular flexibility index (Phi) is 2.66. The van der Waals surface area contributed by atoms with E-state index in [2.05, 4.69) is 4.90 Å². The minimum absolute atomic E-state index is 0.0117. The predicted octanol–water partition coefficient (Wildman–Crippen LogP) is 1.24. The van der Waals surface area contributed by atoms with E-state index in [-0.39, 0.29) is 6.10 Å². The number of hydrogen-bond acceptors (Lipinski definition) is 2. The molecular formula is C10H19NO.